The van der Waals surface area contributed by atoms with Crippen LogP contribution in [0.4, 0.5) is 0 Å². The average Bonchev–Trinajstić information content (AvgIpc) is 2.78. The van der Waals surface area contributed by atoms with Gasteiger partial charge in [0.05, 0.1) is 18.2 Å². The number of nitrogens with zero attached hydrogens (tertiary/aromatic N) is 2. The molecular weight excluding hydrogens is 234 g/mol. The van der Waals surface area contributed by atoms with Crippen molar-refractivity contribution in [2.24, 2.45) is 0 Å². The molecule has 0 atom stereocenters. The van der Waals surface area contributed by atoms with Crippen LogP contribution in [0, 0.1) is 0 Å². The van der Waals surface area contributed by atoms with Gasteiger partial charge in [-0.1, -0.05) is 29.8 Å². The number of nitrogens with one attached hydrogen (secondary N) is 1. The molecule has 4 heteroatoms. The molecule has 0 unspecified atom stereocenters. The van der Waals surface area contributed by atoms with Crippen molar-refractivity contribution in [3.63, 3.8) is 0 Å². The summed E-state index contributed by atoms with van der Waals surface area (Å²) in [6.07, 6.45) is 4.79. The van der Waals surface area contributed by atoms with Crippen LogP contribution in [0.15, 0.2) is 36.8 Å². The number of halogens is 1. The van der Waals surface area contributed by atoms with Crippen LogP contribution in [0.3, 0.4) is 0 Å². The van der Waals surface area contributed by atoms with E-state index in [2.05, 4.69) is 14.9 Å². The quantitative estimate of drug-likeness (QED) is 0.826. The topological polar surface area (TPSA) is 29.9 Å². The van der Waals surface area contributed by atoms with Crippen molar-refractivity contribution in [3.8, 4) is 11.3 Å². The maximum atomic E-state index is 6.20. The molecule has 3 nitrogen and oxygen atoms in total. The largest absolute Gasteiger partial charge is 0.331 e. The van der Waals surface area contributed by atoms with Crippen molar-refractivity contribution < 1.29 is 0 Å². The number of benzene rings is 1. The van der Waals surface area contributed by atoms with Gasteiger partial charge < -0.3 is 9.88 Å². The van der Waals surface area contributed by atoms with E-state index in [1.54, 1.807) is 0 Å². The van der Waals surface area contributed by atoms with Gasteiger partial charge in [0.15, 0.2) is 0 Å². The van der Waals surface area contributed by atoms with Crippen molar-refractivity contribution in [2.45, 2.75) is 13.0 Å². The lowest BCUT2D eigenvalue weighted by Crippen LogP contribution is -2.11. The molecule has 90 valence electrons. The Morgan fingerprint density at radius 2 is 2.18 bits per heavy atom. The van der Waals surface area contributed by atoms with Gasteiger partial charge in [0.1, 0.15) is 0 Å². The summed E-state index contributed by atoms with van der Waals surface area (Å²) in [5.74, 6) is 0. The molecule has 0 bridgehead atoms. The van der Waals surface area contributed by atoms with Gasteiger partial charge in [-0.25, -0.2) is 4.98 Å². The summed E-state index contributed by atoms with van der Waals surface area (Å²) in [6.45, 7) is 1.95. The van der Waals surface area contributed by atoms with Gasteiger partial charge in [-0.3, -0.25) is 0 Å². The van der Waals surface area contributed by atoms with Crippen LogP contribution in [0.25, 0.3) is 11.3 Å². The lowest BCUT2D eigenvalue weighted by atomic mass is 10.1. The SMILES string of the molecule is CNCCCn1cncc1-c1ccccc1Cl. The summed E-state index contributed by atoms with van der Waals surface area (Å²) in [5, 5.41) is 3.91. The van der Waals surface area contributed by atoms with Crippen LogP contribution in [-0.2, 0) is 6.54 Å². The van der Waals surface area contributed by atoms with Gasteiger partial charge in [-0.2, -0.15) is 0 Å². The lowest BCUT2D eigenvalue weighted by Gasteiger charge is -2.09. The molecule has 2 rings (SSSR count). The predicted octanol–water partition coefficient (Wildman–Crippen LogP) is 2.81. The Kier molecular flexibility index (Phi) is 4.18. The van der Waals surface area contributed by atoms with E-state index in [9.17, 15) is 0 Å². The van der Waals surface area contributed by atoms with Crippen molar-refractivity contribution in [2.75, 3.05) is 13.6 Å². The molecule has 0 radical (unpaired) electrons. The zero-order valence-corrected chi connectivity index (χ0v) is 10.6. The van der Waals surface area contributed by atoms with Gasteiger partial charge >= 0.3 is 0 Å². The van der Waals surface area contributed by atoms with Crippen LogP contribution < -0.4 is 5.32 Å². The van der Waals surface area contributed by atoms with E-state index in [4.69, 9.17) is 11.6 Å². The monoisotopic (exact) mass is 249 g/mol. The highest BCUT2D eigenvalue weighted by Crippen LogP contribution is 2.27. The molecule has 0 aliphatic rings. The van der Waals surface area contributed by atoms with Gasteiger partial charge in [0.2, 0.25) is 0 Å². The maximum absolute atomic E-state index is 6.20. The predicted molar refractivity (Wildman–Crippen MR) is 71.2 cm³/mol. The third-order valence-electron chi connectivity index (χ3n) is 2.69. The van der Waals surface area contributed by atoms with E-state index in [0.717, 1.165) is 35.8 Å². The minimum absolute atomic E-state index is 0.767. The number of hydrogen-bond donors (Lipinski definition) is 1. The molecule has 2 aromatic rings. The second-order valence-electron chi connectivity index (χ2n) is 3.91. The highest BCUT2D eigenvalue weighted by Gasteiger charge is 2.07. The van der Waals surface area contributed by atoms with Crippen LogP contribution in [0.1, 0.15) is 6.42 Å². The maximum Gasteiger partial charge on any atom is 0.0950 e. The molecule has 0 aliphatic heterocycles. The highest BCUT2D eigenvalue weighted by atomic mass is 35.5. The van der Waals surface area contributed by atoms with Crippen molar-refractivity contribution in [3.05, 3.63) is 41.8 Å². The first kappa shape index (κ1) is 12.1. The fourth-order valence-corrected chi connectivity index (χ4v) is 2.05. The van der Waals surface area contributed by atoms with Crippen LogP contribution in [0.2, 0.25) is 5.02 Å². The molecule has 0 aliphatic carbocycles. The Morgan fingerprint density at radius 1 is 1.35 bits per heavy atom. The second-order valence-corrected chi connectivity index (χ2v) is 4.32. The van der Waals surface area contributed by atoms with E-state index in [0.29, 0.717) is 0 Å². The summed E-state index contributed by atoms with van der Waals surface area (Å²) in [4.78, 5) is 4.20. The van der Waals surface area contributed by atoms with E-state index in [1.807, 2.05) is 43.8 Å². The molecule has 0 saturated heterocycles. The lowest BCUT2D eigenvalue weighted by molar-refractivity contribution is 0.616. The Balaban J connectivity index is 2.22. The Bertz CT molecular complexity index is 479. The summed E-state index contributed by atoms with van der Waals surface area (Å²) in [6, 6.07) is 7.86. The van der Waals surface area contributed by atoms with Crippen LogP contribution in [0.5, 0.6) is 0 Å². The standard InChI is InChI=1S/C13H16ClN3/c1-15-7-4-8-17-10-16-9-13(17)11-5-2-3-6-12(11)14/h2-3,5-6,9-10,15H,4,7-8H2,1H3. The summed E-state index contributed by atoms with van der Waals surface area (Å²) < 4.78 is 2.14. The van der Waals surface area contributed by atoms with Crippen molar-refractivity contribution in [1.82, 2.24) is 14.9 Å². The summed E-state index contributed by atoms with van der Waals surface area (Å²) >= 11 is 6.20. The van der Waals surface area contributed by atoms with Gasteiger partial charge in [0.25, 0.3) is 0 Å². The minimum Gasteiger partial charge on any atom is -0.331 e. The average molecular weight is 250 g/mol. The van der Waals surface area contributed by atoms with Crippen molar-refractivity contribution in [1.29, 1.82) is 0 Å². The Morgan fingerprint density at radius 3 is 2.94 bits per heavy atom. The molecule has 0 saturated carbocycles. The zero-order chi connectivity index (χ0) is 12.1. The zero-order valence-electron chi connectivity index (χ0n) is 9.86. The first-order valence-electron chi connectivity index (χ1n) is 5.72. The molecule has 1 N–H and O–H groups in total. The first-order valence-corrected chi connectivity index (χ1v) is 6.10. The van der Waals surface area contributed by atoms with Crippen LogP contribution in [-0.4, -0.2) is 23.1 Å². The highest BCUT2D eigenvalue weighted by molar-refractivity contribution is 6.33. The number of aromatic nitrogens is 2. The molecule has 1 heterocycles. The minimum atomic E-state index is 0.767. The number of aryl methyl sites for hydroxylation is 1. The number of rotatable bonds is 5. The van der Waals surface area contributed by atoms with E-state index < -0.39 is 0 Å². The van der Waals surface area contributed by atoms with E-state index in [1.165, 1.54) is 0 Å². The van der Waals surface area contributed by atoms with E-state index >= 15 is 0 Å². The summed E-state index contributed by atoms with van der Waals surface area (Å²) in [7, 11) is 1.96. The number of hydrogen-bond acceptors (Lipinski definition) is 2. The normalized spacial score (nSPS) is 10.7. The fourth-order valence-electron chi connectivity index (χ4n) is 1.82. The molecule has 17 heavy (non-hydrogen) atoms. The van der Waals surface area contributed by atoms with Crippen LogP contribution >= 0.6 is 11.6 Å². The van der Waals surface area contributed by atoms with Crippen molar-refractivity contribution >= 4 is 11.6 Å². The van der Waals surface area contributed by atoms with Gasteiger partial charge in [-0.05, 0) is 26.1 Å². The molecule has 0 fully saturated rings. The molecule has 1 aromatic heterocycles. The van der Waals surface area contributed by atoms with Gasteiger partial charge in [0, 0.05) is 17.1 Å². The third kappa shape index (κ3) is 2.87. The fraction of sp³-hybridized carbons (Fsp3) is 0.308. The molecular formula is C13H16ClN3. The first-order chi connectivity index (χ1) is 8.33. The number of imidazole rings is 1. The molecule has 0 spiro atoms. The smallest absolute Gasteiger partial charge is 0.0950 e. The Hall–Kier alpha value is -1.32. The summed E-state index contributed by atoms with van der Waals surface area (Å²) in [5.41, 5.74) is 2.11. The van der Waals surface area contributed by atoms with Gasteiger partial charge in [-0.15, -0.1) is 0 Å². The molecule has 1 aromatic carbocycles. The molecule has 0 amide bonds. The van der Waals surface area contributed by atoms with E-state index in [-0.39, 0.29) is 0 Å². The third-order valence-corrected chi connectivity index (χ3v) is 3.02. The Labute approximate surface area is 106 Å². The second kappa shape index (κ2) is 5.84.